The number of methoxy groups -OCH3 is 3. The van der Waals surface area contributed by atoms with Crippen LogP contribution in [0.4, 0.5) is 5.69 Å². The summed E-state index contributed by atoms with van der Waals surface area (Å²) in [7, 11) is 5.02. The normalized spacial score (nSPS) is 15.0. The molecule has 1 fully saturated rings. The average Bonchev–Trinajstić information content (AvgIpc) is 3.79. The van der Waals surface area contributed by atoms with Gasteiger partial charge in [-0.3, -0.25) is 9.79 Å². The number of ether oxygens (including phenoxy) is 4. The Bertz CT molecular complexity index is 2200. The van der Waals surface area contributed by atoms with Crippen LogP contribution in [0.1, 0.15) is 55.3 Å². The first-order valence-corrected chi connectivity index (χ1v) is 19.1. The molecule has 2 aliphatic rings. The zero-order valence-corrected chi connectivity index (χ0v) is 31.3. The molecule has 1 aromatic heterocycles. The third-order valence-corrected chi connectivity index (χ3v) is 11.0. The van der Waals surface area contributed by atoms with E-state index in [0.717, 1.165) is 69.5 Å². The van der Waals surface area contributed by atoms with E-state index in [1.165, 1.54) is 44.1 Å². The lowest BCUT2D eigenvalue weighted by Crippen LogP contribution is -2.35. The highest BCUT2D eigenvalue weighted by atomic mass is 16.5. The van der Waals surface area contributed by atoms with Crippen molar-refractivity contribution in [3.05, 3.63) is 103 Å². The minimum atomic E-state index is 0.0207. The third-order valence-electron chi connectivity index (χ3n) is 11.0. The molecule has 3 heterocycles. The van der Waals surface area contributed by atoms with Gasteiger partial charge in [-0.2, -0.15) is 0 Å². The van der Waals surface area contributed by atoms with Crippen molar-refractivity contribution >= 4 is 39.6 Å². The molecule has 6 aromatic rings. The predicted octanol–water partition coefficient (Wildman–Crippen LogP) is 10.5. The van der Waals surface area contributed by atoms with Crippen molar-refractivity contribution in [3.63, 3.8) is 0 Å². The number of benzene rings is 5. The standard InChI is InChI=1S/C46H47N3O5/c1-51-36-17-11-31(12-18-36)33-15-21-42-38(26-33)39-27-34(32-13-19-37(52-2)20-14-32)16-22-43(39)49(42)23-7-5-4-6-8-25-54-45-29-41-40(28-44(45)53-3)46(50)48-24-9-10-35(48)30-47-41/h11-22,26-30,35H,4-10,23-25H2,1-3H3/t35-/m0/s1. The highest BCUT2D eigenvalue weighted by molar-refractivity contribution is 6.10. The maximum Gasteiger partial charge on any atom is 0.256 e. The van der Waals surface area contributed by atoms with E-state index in [1.807, 2.05) is 41.4 Å². The number of hydrogen-bond acceptors (Lipinski definition) is 6. The lowest BCUT2D eigenvalue weighted by atomic mass is 10.00. The Labute approximate surface area is 316 Å². The molecule has 0 N–H and O–H groups in total. The molecule has 54 heavy (non-hydrogen) atoms. The van der Waals surface area contributed by atoms with E-state index in [-0.39, 0.29) is 11.9 Å². The number of aromatic nitrogens is 1. The van der Waals surface area contributed by atoms with Crippen LogP contribution < -0.4 is 18.9 Å². The molecule has 0 bridgehead atoms. The fraction of sp³-hybridized carbons (Fsp3) is 0.304. The number of rotatable bonds is 14. The summed E-state index contributed by atoms with van der Waals surface area (Å²) in [6.07, 6.45) is 9.23. The second kappa shape index (κ2) is 15.7. The minimum Gasteiger partial charge on any atom is -0.497 e. The van der Waals surface area contributed by atoms with E-state index in [4.69, 9.17) is 18.9 Å². The van der Waals surface area contributed by atoms with Gasteiger partial charge in [0.15, 0.2) is 11.5 Å². The van der Waals surface area contributed by atoms with Crippen LogP contribution in [0.2, 0.25) is 0 Å². The van der Waals surface area contributed by atoms with Crippen molar-refractivity contribution in [3.8, 4) is 45.3 Å². The molecule has 1 saturated heterocycles. The van der Waals surface area contributed by atoms with E-state index in [0.29, 0.717) is 29.4 Å². The first-order valence-electron chi connectivity index (χ1n) is 19.1. The second-order valence-electron chi connectivity index (χ2n) is 14.2. The number of amides is 1. The molecule has 0 radical (unpaired) electrons. The SMILES string of the molecule is COc1ccc(-c2ccc3c(c2)c2cc(-c4ccc(OC)cc4)ccc2n3CCCCCCCOc2cc3c(cc2OC)C(=O)N2CCC[C@H]2C=N3)cc1. The highest BCUT2D eigenvalue weighted by Gasteiger charge is 2.32. The zero-order valence-electron chi connectivity index (χ0n) is 31.3. The van der Waals surface area contributed by atoms with Gasteiger partial charge in [0.05, 0.1) is 45.2 Å². The molecule has 0 saturated carbocycles. The summed E-state index contributed by atoms with van der Waals surface area (Å²) in [6, 6.07) is 34.0. The zero-order chi connectivity index (χ0) is 37.0. The molecule has 0 aliphatic carbocycles. The summed E-state index contributed by atoms with van der Waals surface area (Å²) in [5.74, 6) is 2.94. The van der Waals surface area contributed by atoms with Crippen molar-refractivity contribution in [2.75, 3.05) is 34.5 Å². The number of hydrogen-bond donors (Lipinski definition) is 0. The number of aliphatic imine (C=N–C) groups is 1. The quantitative estimate of drug-likeness (QED) is 0.105. The summed E-state index contributed by atoms with van der Waals surface area (Å²) < 4.78 is 25.1. The smallest absolute Gasteiger partial charge is 0.256 e. The van der Waals surface area contributed by atoms with E-state index >= 15 is 0 Å². The van der Waals surface area contributed by atoms with E-state index < -0.39 is 0 Å². The number of nitrogens with zero attached hydrogens (tertiary/aromatic N) is 3. The lowest BCUT2D eigenvalue weighted by molar-refractivity contribution is 0.0774. The maximum atomic E-state index is 13.2. The van der Waals surface area contributed by atoms with Gasteiger partial charge in [0.2, 0.25) is 0 Å². The maximum absolute atomic E-state index is 13.2. The van der Waals surface area contributed by atoms with Gasteiger partial charge in [-0.1, -0.05) is 55.7 Å². The summed E-state index contributed by atoms with van der Waals surface area (Å²) in [4.78, 5) is 19.8. The molecular formula is C46H47N3O5. The van der Waals surface area contributed by atoms with E-state index in [2.05, 4.69) is 70.2 Å². The largest absolute Gasteiger partial charge is 0.497 e. The Hall–Kier alpha value is -5.76. The van der Waals surface area contributed by atoms with Crippen LogP contribution in [-0.2, 0) is 6.54 Å². The van der Waals surface area contributed by atoms with Gasteiger partial charge < -0.3 is 28.4 Å². The molecule has 276 valence electrons. The van der Waals surface area contributed by atoms with E-state index in [1.54, 1.807) is 27.4 Å². The molecule has 5 aromatic carbocycles. The van der Waals surface area contributed by atoms with Crippen LogP contribution in [-0.4, -0.2) is 62.1 Å². The summed E-state index contributed by atoms with van der Waals surface area (Å²) in [6.45, 7) is 2.30. The molecule has 2 aliphatic heterocycles. The number of fused-ring (bicyclic) bond motifs is 5. The van der Waals surface area contributed by atoms with Crippen molar-refractivity contribution in [1.82, 2.24) is 9.47 Å². The molecule has 8 heteroatoms. The number of unbranched alkanes of at least 4 members (excludes halogenated alkanes) is 4. The van der Waals surface area contributed by atoms with E-state index in [9.17, 15) is 4.79 Å². The fourth-order valence-electron chi connectivity index (χ4n) is 7.98. The van der Waals surface area contributed by atoms with Crippen LogP contribution in [0.15, 0.2) is 102 Å². The molecule has 0 unspecified atom stereocenters. The molecule has 8 nitrogen and oxygen atoms in total. The molecular weight excluding hydrogens is 675 g/mol. The van der Waals surface area contributed by atoms with Crippen molar-refractivity contribution in [1.29, 1.82) is 0 Å². The monoisotopic (exact) mass is 721 g/mol. The van der Waals surface area contributed by atoms with Gasteiger partial charge in [0.1, 0.15) is 11.5 Å². The molecule has 1 amide bonds. The van der Waals surface area contributed by atoms with Gasteiger partial charge >= 0.3 is 0 Å². The predicted molar refractivity (Wildman–Crippen MR) is 217 cm³/mol. The van der Waals surface area contributed by atoms with Crippen molar-refractivity contribution < 1.29 is 23.7 Å². The van der Waals surface area contributed by atoms with Gasteiger partial charge in [-0.15, -0.1) is 0 Å². The Kier molecular flexibility index (Phi) is 10.2. The number of carbonyl (C=O) groups is 1. The van der Waals surface area contributed by atoms with Crippen LogP contribution >= 0.6 is 0 Å². The summed E-state index contributed by atoms with van der Waals surface area (Å²) in [5.41, 5.74) is 8.45. The number of carbonyl (C=O) groups excluding carboxylic acids is 1. The molecule has 8 rings (SSSR count). The topological polar surface area (TPSA) is 74.5 Å². The van der Waals surface area contributed by atoms with Gasteiger partial charge in [-0.05, 0) is 103 Å². The summed E-state index contributed by atoms with van der Waals surface area (Å²) >= 11 is 0. The Morgan fingerprint density at radius 1 is 0.648 bits per heavy atom. The Balaban J connectivity index is 0.929. The highest BCUT2D eigenvalue weighted by Crippen LogP contribution is 2.39. The summed E-state index contributed by atoms with van der Waals surface area (Å²) in [5, 5.41) is 2.52. The molecule has 1 atom stereocenters. The van der Waals surface area contributed by atoms with Crippen LogP contribution in [0.5, 0.6) is 23.0 Å². The Morgan fingerprint density at radius 3 is 1.85 bits per heavy atom. The first-order chi connectivity index (χ1) is 26.5. The first kappa shape index (κ1) is 35.3. The van der Waals surface area contributed by atoms with Crippen LogP contribution in [0, 0.1) is 0 Å². The minimum absolute atomic E-state index is 0.0207. The lowest BCUT2D eigenvalue weighted by Gasteiger charge is -2.20. The van der Waals surface area contributed by atoms with Crippen LogP contribution in [0.25, 0.3) is 44.1 Å². The third kappa shape index (κ3) is 7.00. The van der Waals surface area contributed by atoms with Crippen LogP contribution in [0.3, 0.4) is 0 Å². The van der Waals surface area contributed by atoms with Gasteiger partial charge in [-0.25, -0.2) is 0 Å². The number of aryl methyl sites for hydroxylation is 1. The van der Waals surface area contributed by atoms with Crippen molar-refractivity contribution in [2.24, 2.45) is 4.99 Å². The Morgan fingerprint density at radius 2 is 1.24 bits per heavy atom. The molecule has 0 spiro atoms. The van der Waals surface area contributed by atoms with Gasteiger partial charge in [0, 0.05) is 47.2 Å². The average molecular weight is 722 g/mol. The van der Waals surface area contributed by atoms with Crippen molar-refractivity contribution in [2.45, 2.75) is 57.5 Å². The van der Waals surface area contributed by atoms with Gasteiger partial charge in [0.25, 0.3) is 5.91 Å². The second-order valence-corrected chi connectivity index (χ2v) is 14.2. The fourth-order valence-corrected chi connectivity index (χ4v) is 7.98.